The van der Waals surface area contributed by atoms with E-state index in [4.69, 9.17) is 0 Å². The van der Waals surface area contributed by atoms with Gasteiger partial charge in [-0.25, -0.2) is 9.90 Å². The lowest BCUT2D eigenvalue weighted by atomic mass is 9.85. The topological polar surface area (TPSA) is 37.0 Å². The van der Waals surface area contributed by atoms with Crippen LogP contribution in [0.3, 0.4) is 0 Å². The Bertz CT molecular complexity index is 1080. The Morgan fingerprint density at radius 3 is 2.07 bits per heavy atom. The van der Waals surface area contributed by atoms with Gasteiger partial charge in [0.05, 0.1) is 5.92 Å². The van der Waals surface area contributed by atoms with Crippen molar-refractivity contribution in [2.45, 2.75) is 57.8 Å². The SMILES string of the molecule is CCCCCCCCC(C([O])=O)c1ccc2ccc3cccc4ccc1c2c34. The fraction of sp³-hybridized carbons (Fsp3) is 0.346. The number of rotatable bonds is 9. The zero-order chi connectivity index (χ0) is 19.5. The monoisotopic (exact) mass is 371 g/mol. The van der Waals surface area contributed by atoms with Gasteiger partial charge in [-0.2, -0.15) is 0 Å². The third-order valence-electron chi connectivity index (χ3n) is 6.07. The van der Waals surface area contributed by atoms with Crippen LogP contribution in [0.1, 0.15) is 63.4 Å². The summed E-state index contributed by atoms with van der Waals surface area (Å²) in [6, 6.07) is 18.9. The molecule has 0 saturated carbocycles. The van der Waals surface area contributed by atoms with Crippen molar-refractivity contribution < 1.29 is 9.90 Å². The summed E-state index contributed by atoms with van der Waals surface area (Å²) in [5, 5.41) is 19.1. The van der Waals surface area contributed by atoms with Gasteiger partial charge in [0.25, 0.3) is 0 Å². The highest BCUT2D eigenvalue weighted by atomic mass is 16.4. The number of carbonyl (C=O) groups excluding carboxylic acids is 1. The van der Waals surface area contributed by atoms with E-state index in [1.54, 1.807) is 0 Å². The largest absolute Gasteiger partial charge is 0.362 e. The standard InChI is InChI=1S/C26H27O2/c1-2-3-4-5-6-7-11-23(26(27)28)21-16-14-20-13-12-18-9-8-10-19-15-17-22(21)25(20)24(18)19/h8-10,12-17,23H,2-7,11H2,1H3. The molecule has 4 aromatic rings. The molecule has 1 radical (unpaired) electrons. The molecule has 4 rings (SSSR count). The van der Waals surface area contributed by atoms with Crippen LogP contribution >= 0.6 is 0 Å². The van der Waals surface area contributed by atoms with Crippen molar-refractivity contribution in [3.05, 3.63) is 60.2 Å². The van der Waals surface area contributed by atoms with E-state index in [9.17, 15) is 9.90 Å². The van der Waals surface area contributed by atoms with Gasteiger partial charge < -0.3 is 0 Å². The Morgan fingerprint density at radius 1 is 0.750 bits per heavy atom. The molecule has 1 unspecified atom stereocenters. The van der Waals surface area contributed by atoms with Crippen molar-refractivity contribution in [1.82, 2.24) is 0 Å². The summed E-state index contributed by atoms with van der Waals surface area (Å²) in [7, 11) is 0. The highest BCUT2D eigenvalue weighted by Gasteiger charge is 2.24. The predicted octanol–water partition coefficient (Wildman–Crippen LogP) is 7.38. The molecule has 0 heterocycles. The lowest BCUT2D eigenvalue weighted by Gasteiger charge is -2.17. The van der Waals surface area contributed by atoms with Gasteiger partial charge >= 0.3 is 5.97 Å². The Morgan fingerprint density at radius 2 is 1.36 bits per heavy atom. The third kappa shape index (κ3) is 3.44. The number of benzene rings is 4. The first-order valence-electron chi connectivity index (χ1n) is 10.6. The van der Waals surface area contributed by atoms with Gasteiger partial charge in [0, 0.05) is 0 Å². The number of unbranched alkanes of at least 4 members (excludes halogenated alkanes) is 5. The van der Waals surface area contributed by atoms with E-state index in [2.05, 4.69) is 55.5 Å². The minimum atomic E-state index is -0.955. The second-order valence-electron chi connectivity index (χ2n) is 7.94. The summed E-state index contributed by atoms with van der Waals surface area (Å²) < 4.78 is 0. The normalized spacial score (nSPS) is 12.9. The van der Waals surface area contributed by atoms with Crippen molar-refractivity contribution >= 4 is 38.3 Å². The van der Waals surface area contributed by atoms with Crippen LogP contribution < -0.4 is 0 Å². The average Bonchev–Trinajstić information content (AvgIpc) is 2.71. The molecule has 143 valence electrons. The molecule has 0 aliphatic heterocycles. The van der Waals surface area contributed by atoms with Crippen LogP contribution in [0.4, 0.5) is 0 Å². The molecule has 2 nitrogen and oxygen atoms in total. The highest BCUT2D eigenvalue weighted by Crippen LogP contribution is 2.39. The summed E-state index contributed by atoms with van der Waals surface area (Å²) in [5.41, 5.74) is 0.902. The maximum Gasteiger partial charge on any atom is 0.362 e. The first-order chi connectivity index (χ1) is 13.7. The third-order valence-corrected chi connectivity index (χ3v) is 6.07. The van der Waals surface area contributed by atoms with E-state index in [1.165, 1.54) is 52.6 Å². The molecule has 2 heteroatoms. The van der Waals surface area contributed by atoms with E-state index in [0.29, 0.717) is 6.42 Å². The molecule has 0 saturated heterocycles. The van der Waals surface area contributed by atoms with Crippen LogP contribution in [-0.2, 0) is 9.90 Å². The van der Waals surface area contributed by atoms with E-state index in [-0.39, 0.29) is 0 Å². The van der Waals surface area contributed by atoms with Crippen LogP contribution in [0.2, 0.25) is 0 Å². The predicted molar refractivity (Wildman–Crippen MR) is 117 cm³/mol. The first-order valence-corrected chi connectivity index (χ1v) is 10.6. The molecule has 0 aliphatic carbocycles. The van der Waals surface area contributed by atoms with E-state index >= 15 is 0 Å². The molecular formula is C26H27O2. The fourth-order valence-corrected chi connectivity index (χ4v) is 4.59. The first kappa shape index (κ1) is 18.7. The summed E-state index contributed by atoms with van der Waals surface area (Å²) >= 11 is 0. The maximum atomic E-state index is 12.0. The van der Waals surface area contributed by atoms with Crippen LogP contribution in [0.25, 0.3) is 32.3 Å². The lowest BCUT2D eigenvalue weighted by molar-refractivity contribution is -0.145. The van der Waals surface area contributed by atoms with Crippen molar-refractivity contribution in [1.29, 1.82) is 0 Å². The maximum absolute atomic E-state index is 12.0. The van der Waals surface area contributed by atoms with Gasteiger partial charge in [0.15, 0.2) is 0 Å². The highest BCUT2D eigenvalue weighted by molar-refractivity contribution is 6.23. The summed E-state index contributed by atoms with van der Waals surface area (Å²) in [6.07, 6.45) is 7.60. The van der Waals surface area contributed by atoms with E-state index in [0.717, 1.165) is 23.8 Å². The Kier molecular flexibility index (Phi) is 5.47. The zero-order valence-electron chi connectivity index (χ0n) is 16.5. The van der Waals surface area contributed by atoms with Gasteiger partial charge in [-0.3, -0.25) is 0 Å². The molecule has 0 bridgehead atoms. The van der Waals surface area contributed by atoms with Crippen molar-refractivity contribution in [3.63, 3.8) is 0 Å². The molecule has 0 spiro atoms. The van der Waals surface area contributed by atoms with Gasteiger partial charge in [0.2, 0.25) is 0 Å². The molecule has 4 aromatic carbocycles. The molecule has 0 N–H and O–H groups in total. The Hall–Kier alpha value is -2.61. The smallest absolute Gasteiger partial charge is 0.247 e. The molecule has 0 amide bonds. The van der Waals surface area contributed by atoms with Crippen molar-refractivity contribution in [2.75, 3.05) is 0 Å². The van der Waals surface area contributed by atoms with Crippen LogP contribution in [0, 0.1) is 0 Å². The Labute approximate surface area is 166 Å². The van der Waals surface area contributed by atoms with Crippen molar-refractivity contribution in [2.24, 2.45) is 0 Å². The zero-order valence-corrected chi connectivity index (χ0v) is 16.5. The van der Waals surface area contributed by atoms with Crippen LogP contribution in [0.5, 0.6) is 0 Å². The van der Waals surface area contributed by atoms with Gasteiger partial charge in [-0.05, 0) is 44.3 Å². The molecular weight excluding hydrogens is 344 g/mol. The van der Waals surface area contributed by atoms with E-state index < -0.39 is 11.9 Å². The van der Waals surface area contributed by atoms with Crippen LogP contribution in [-0.4, -0.2) is 5.97 Å². The molecule has 0 aromatic heterocycles. The van der Waals surface area contributed by atoms with E-state index in [1.807, 2.05) is 6.07 Å². The summed E-state index contributed by atoms with van der Waals surface area (Å²) in [6.45, 7) is 2.21. The summed E-state index contributed by atoms with van der Waals surface area (Å²) in [5.74, 6) is -1.50. The van der Waals surface area contributed by atoms with Crippen LogP contribution in [0.15, 0.2) is 54.6 Å². The number of carbonyl (C=O) groups is 1. The molecule has 28 heavy (non-hydrogen) atoms. The second-order valence-corrected chi connectivity index (χ2v) is 7.94. The van der Waals surface area contributed by atoms with Gasteiger partial charge in [-0.15, -0.1) is 0 Å². The molecule has 1 atom stereocenters. The van der Waals surface area contributed by atoms with Gasteiger partial charge in [0.1, 0.15) is 0 Å². The van der Waals surface area contributed by atoms with Crippen molar-refractivity contribution in [3.8, 4) is 0 Å². The average molecular weight is 372 g/mol. The second kappa shape index (κ2) is 8.18. The molecule has 0 fully saturated rings. The number of hydrogen-bond acceptors (Lipinski definition) is 1. The van der Waals surface area contributed by atoms with Gasteiger partial charge in [-0.1, -0.05) is 100 Å². The fourth-order valence-electron chi connectivity index (χ4n) is 4.59. The minimum Gasteiger partial charge on any atom is -0.247 e. The minimum absolute atomic E-state index is 0.546. The number of hydrogen-bond donors (Lipinski definition) is 0. The quantitative estimate of drug-likeness (QED) is 0.223. The lowest BCUT2D eigenvalue weighted by Crippen LogP contribution is -2.11. The Balaban J connectivity index is 1.71. The molecule has 0 aliphatic rings. The summed E-state index contributed by atoms with van der Waals surface area (Å²) in [4.78, 5) is 12.0.